The van der Waals surface area contributed by atoms with Crippen molar-refractivity contribution in [2.75, 3.05) is 0 Å². The highest BCUT2D eigenvalue weighted by atomic mass is 32.1. The zero-order chi connectivity index (χ0) is 6.85. The number of aliphatic hydroxyl groups excluding tert-OH is 1. The van der Waals surface area contributed by atoms with Gasteiger partial charge in [-0.2, -0.15) is 0 Å². The van der Waals surface area contributed by atoms with E-state index in [-0.39, 0.29) is 4.86 Å². The molecule has 3 nitrogen and oxygen atoms in total. The fraction of sp³-hybridized carbons (Fsp3) is 0.200. The summed E-state index contributed by atoms with van der Waals surface area (Å²) in [7, 11) is 0. The van der Waals surface area contributed by atoms with E-state index in [4.69, 9.17) is 5.11 Å². The zero-order valence-electron chi connectivity index (χ0n) is 4.50. The highest BCUT2D eigenvalue weighted by Gasteiger charge is 2.19. The van der Waals surface area contributed by atoms with E-state index < -0.39 is 12.0 Å². The van der Waals surface area contributed by atoms with Crippen molar-refractivity contribution < 1.29 is 9.90 Å². The van der Waals surface area contributed by atoms with Crippen LogP contribution in [0.4, 0.5) is 0 Å². The summed E-state index contributed by atoms with van der Waals surface area (Å²) in [5.41, 5.74) is 0. The molecule has 0 fully saturated rings. The predicted molar refractivity (Wildman–Crippen MR) is 35.9 cm³/mol. The molecule has 2 N–H and O–H groups in total. The minimum atomic E-state index is -1.13. The van der Waals surface area contributed by atoms with Gasteiger partial charge in [0.25, 0.3) is 5.91 Å². The normalized spacial score (nSPS) is 26.1. The molecule has 0 aliphatic carbocycles. The first-order chi connectivity index (χ1) is 4.22. The van der Waals surface area contributed by atoms with E-state index in [9.17, 15) is 4.79 Å². The van der Waals surface area contributed by atoms with Crippen LogP contribution in [0.15, 0.2) is 12.3 Å². The third-order valence-electron chi connectivity index (χ3n) is 0.991. The molecule has 1 aliphatic heterocycles. The van der Waals surface area contributed by atoms with Gasteiger partial charge in [0.2, 0.25) is 0 Å². The number of hydrogen-bond acceptors (Lipinski definition) is 3. The molecule has 1 aliphatic rings. The quantitative estimate of drug-likeness (QED) is 0.443. The molecule has 9 heavy (non-hydrogen) atoms. The maximum Gasteiger partial charge on any atom is 0.258 e. The summed E-state index contributed by atoms with van der Waals surface area (Å²) < 4.78 is 0. The van der Waals surface area contributed by atoms with E-state index in [0.29, 0.717) is 0 Å². The van der Waals surface area contributed by atoms with Crippen LogP contribution in [-0.4, -0.2) is 22.0 Å². The first-order valence-electron chi connectivity index (χ1n) is 2.40. The third kappa shape index (κ3) is 1.14. The summed E-state index contributed by atoms with van der Waals surface area (Å²) in [6, 6.07) is 0. The van der Waals surface area contributed by atoms with Crippen LogP contribution >= 0.6 is 12.2 Å². The SMILES string of the molecule is O=C1NC=CC(=S)C1O. The average molecular weight is 143 g/mol. The summed E-state index contributed by atoms with van der Waals surface area (Å²) in [5, 5.41) is 11.1. The Hall–Kier alpha value is -0.740. The Balaban J connectivity index is 2.81. The van der Waals surface area contributed by atoms with Crippen molar-refractivity contribution in [3.8, 4) is 0 Å². The fourth-order valence-corrected chi connectivity index (χ4v) is 0.680. The molecular formula is C5H5NO2S. The van der Waals surface area contributed by atoms with Gasteiger partial charge in [0.05, 0.1) is 4.86 Å². The van der Waals surface area contributed by atoms with Crippen molar-refractivity contribution in [1.82, 2.24) is 5.32 Å². The molecule has 1 rings (SSSR count). The van der Waals surface area contributed by atoms with Gasteiger partial charge in [0.1, 0.15) is 0 Å². The second-order valence-electron chi connectivity index (χ2n) is 1.65. The van der Waals surface area contributed by atoms with Crippen molar-refractivity contribution in [3.05, 3.63) is 12.3 Å². The molecule has 1 unspecified atom stereocenters. The van der Waals surface area contributed by atoms with Gasteiger partial charge >= 0.3 is 0 Å². The van der Waals surface area contributed by atoms with E-state index in [1.54, 1.807) is 0 Å². The van der Waals surface area contributed by atoms with Gasteiger partial charge in [-0.1, -0.05) is 12.2 Å². The maximum absolute atomic E-state index is 10.5. The van der Waals surface area contributed by atoms with E-state index in [1.807, 2.05) is 0 Å². The molecule has 1 amide bonds. The maximum atomic E-state index is 10.5. The average Bonchev–Trinajstić information content (AvgIpc) is 1.83. The van der Waals surface area contributed by atoms with Crippen LogP contribution in [0, 0.1) is 0 Å². The van der Waals surface area contributed by atoms with Gasteiger partial charge in [-0.05, 0) is 6.08 Å². The summed E-state index contributed by atoms with van der Waals surface area (Å²) in [6.07, 6.45) is 1.77. The van der Waals surface area contributed by atoms with Crippen LogP contribution in [-0.2, 0) is 4.79 Å². The second-order valence-corrected chi connectivity index (χ2v) is 2.12. The standard InChI is InChI=1S/C5H5NO2S/c7-4-3(9)1-2-6-5(4)8/h1-2,4,7H,(H,6,8). The van der Waals surface area contributed by atoms with E-state index in [0.717, 1.165) is 0 Å². The molecule has 48 valence electrons. The van der Waals surface area contributed by atoms with Crippen molar-refractivity contribution in [3.63, 3.8) is 0 Å². The number of carbonyl (C=O) groups excluding carboxylic acids is 1. The second kappa shape index (κ2) is 2.24. The first-order valence-corrected chi connectivity index (χ1v) is 2.81. The molecule has 0 aromatic heterocycles. The van der Waals surface area contributed by atoms with Crippen LogP contribution < -0.4 is 5.32 Å². The summed E-state index contributed by atoms with van der Waals surface area (Å²) in [6.45, 7) is 0. The van der Waals surface area contributed by atoms with Crippen molar-refractivity contribution in [1.29, 1.82) is 0 Å². The Morgan fingerprint density at radius 2 is 2.44 bits per heavy atom. The number of thiocarbonyl (C=S) groups is 1. The van der Waals surface area contributed by atoms with Crippen LogP contribution in [0.25, 0.3) is 0 Å². The summed E-state index contributed by atoms with van der Waals surface area (Å²) in [4.78, 5) is 10.8. The van der Waals surface area contributed by atoms with Gasteiger partial charge in [-0.3, -0.25) is 4.79 Å². The number of aliphatic hydroxyl groups is 1. The van der Waals surface area contributed by atoms with E-state index in [1.165, 1.54) is 12.3 Å². The number of rotatable bonds is 0. The van der Waals surface area contributed by atoms with Crippen molar-refractivity contribution in [2.45, 2.75) is 6.10 Å². The molecule has 0 saturated carbocycles. The Morgan fingerprint density at radius 1 is 1.78 bits per heavy atom. The van der Waals surface area contributed by atoms with Crippen molar-refractivity contribution in [2.24, 2.45) is 0 Å². The minimum Gasteiger partial charge on any atom is -0.378 e. The Morgan fingerprint density at radius 3 is 2.89 bits per heavy atom. The molecule has 1 atom stereocenters. The number of amides is 1. The number of nitrogens with one attached hydrogen (secondary N) is 1. The molecular weight excluding hydrogens is 138 g/mol. The van der Waals surface area contributed by atoms with Crippen LogP contribution in [0.5, 0.6) is 0 Å². The molecule has 0 radical (unpaired) electrons. The van der Waals surface area contributed by atoms with Crippen LogP contribution in [0.1, 0.15) is 0 Å². The largest absolute Gasteiger partial charge is 0.378 e. The highest BCUT2D eigenvalue weighted by molar-refractivity contribution is 7.81. The molecule has 0 spiro atoms. The lowest BCUT2D eigenvalue weighted by atomic mass is 10.2. The van der Waals surface area contributed by atoms with Crippen molar-refractivity contribution >= 4 is 23.0 Å². The topological polar surface area (TPSA) is 49.3 Å². The zero-order valence-corrected chi connectivity index (χ0v) is 5.31. The minimum absolute atomic E-state index is 0.263. The number of carbonyl (C=O) groups is 1. The third-order valence-corrected chi connectivity index (χ3v) is 1.35. The van der Waals surface area contributed by atoms with Gasteiger partial charge < -0.3 is 10.4 Å². The van der Waals surface area contributed by atoms with Gasteiger partial charge in [-0.25, -0.2) is 0 Å². The monoisotopic (exact) mass is 143 g/mol. The van der Waals surface area contributed by atoms with Gasteiger partial charge in [0, 0.05) is 6.20 Å². The van der Waals surface area contributed by atoms with Crippen LogP contribution in [0.2, 0.25) is 0 Å². The van der Waals surface area contributed by atoms with Gasteiger partial charge in [0.15, 0.2) is 6.10 Å². The first kappa shape index (κ1) is 6.38. The molecule has 0 bridgehead atoms. The Kier molecular flexibility index (Phi) is 1.59. The molecule has 0 aromatic rings. The van der Waals surface area contributed by atoms with E-state index >= 15 is 0 Å². The Labute approximate surface area is 57.4 Å². The van der Waals surface area contributed by atoms with Gasteiger partial charge in [-0.15, -0.1) is 0 Å². The van der Waals surface area contributed by atoms with Crippen LogP contribution in [0.3, 0.4) is 0 Å². The lowest BCUT2D eigenvalue weighted by Crippen LogP contribution is -2.39. The summed E-state index contributed by atoms with van der Waals surface area (Å²) >= 11 is 4.61. The fourth-order valence-electron chi connectivity index (χ4n) is 0.505. The predicted octanol–water partition coefficient (Wildman–Crippen LogP) is -0.639. The highest BCUT2D eigenvalue weighted by Crippen LogP contribution is 1.95. The smallest absolute Gasteiger partial charge is 0.258 e. The number of hydrogen-bond donors (Lipinski definition) is 2. The molecule has 4 heteroatoms. The molecule has 0 aromatic carbocycles. The molecule has 1 heterocycles. The summed E-state index contributed by atoms with van der Waals surface area (Å²) in [5.74, 6) is -0.456. The lowest BCUT2D eigenvalue weighted by molar-refractivity contribution is -0.125. The lowest BCUT2D eigenvalue weighted by Gasteiger charge is -2.11. The van der Waals surface area contributed by atoms with E-state index in [2.05, 4.69) is 17.5 Å². The Bertz CT molecular complexity index is 187. The molecule has 0 saturated heterocycles.